The lowest BCUT2D eigenvalue weighted by Gasteiger charge is -2.47. The van der Waals surface area contributed by atoms with E-state index in [-0.39, 0.29) is 10.8 Å². The van der Waals surface area contributed by atoms with Crippen LogP contribution < -0.4 is 9.80 Å². The van der Waals surface area contributed by atoms with E-state index in [0.717, 1.165) is 0 Å². The second-order valence-electron chi connectivity index (χ2n) is 21.5. The monoisotopic (exact) mass is 813 g/mol. The van der Waals surface area contributed by atoms with Gasteiger partial charge in [-0.2, -0.15) is 0 Å². The largest absolute Gasteiger partial charge is 0.338 e. The molecule has 11 rings (SSSR count). The summed E-state index contributed by atoms with van der Waals surface area (Å²) in [5, 5.41) is 5.33. The molecular formula is C60H64N2. The molecule has 4 aliphatic rings. The van der Waals surface area contributed by atoms with Gasteiger partial charge in [-0.3, -0.25) is 0 Å². The lowest BCUT2D eigenvalue weighted by molar-refractivity contribution is 0.293. The standard InChI is InChI=1S/C60H64N2/c1-59(2,3)45-25-31-55-43(35-45)33-41-21-13-15-23-53(41)61(55)47-27-29-49-51(37-47)57(39-17-9-7-10-18-39)50-30-28-48(38-52(50)58(49)40-19-11-8-12-20-40)62-54-24-16-14-22-42(54)34-44-36-46(60(4,5)6)26-32-56(44)62/h7-12,17-20,25-32,35-38,41-42,53-54H,13-16,21-24,33-34H2,1-6H3. The van der Waals surface area contributed by atoms with Crippen LogP contribution in [0.5, 0.6) is 0 Å². The fraction of sp³-hybridized carbons (Fsp3) is 0.367. The molecule has 0 aromatic heterocycles. The van der Waals surface area contributed by atoms with Crippen molar-refractivity contribution >= 4 is 44.3 Å². The number of rotatable bonds is 4. The first-order valence-electron chi connectivity index (χ1n) is 24.0. The molecule has 2 nitrogen and oxygen atoms in total. The fourth-order valence-corrected chi connectivity index (χ4v) is 12.4. The third-order valence-electron chi connectivity index (χ3n) is 15.5. The van der Waals surface area contributed by atoms with Crippen molar-refractivity contribution < 1.29 is 0 Å². The van der Waals surface area contributed by atoms with Crippen molar-refractivity contribution in [2.24, 2.45) is 11.8 Å². The Hall–Kier alpha value is -5.34. The maximum atomic E-state index is 2.78. The maximum absolute atomic E-state index is 2.78. The lowest BCUT2D eigenvalue weighted by Crippen LogP contribution is -2.44. The average molecular weight is 813 g/mol. The Morgan fingerprint density at radius 1 is 0.403 bits per heavy atom. The van der Waals surface area contributed by atoms with Gasteiger partial charge in [0.05, 0.1) is 0 Å². The molecule has 2 saturated carbocycles. The number of benzene rings is 7. The smallest absolute Gasteiger partial charge is 0.0446 e. The van der Waals surface area contributed by atoms with Crippen molar-refractivity contribution in [2.75, 3.05) is 9.80 Å². The summed E-state index contributed by atoms with van der Waals surface area (Å²) in [4.78, 5) is 5.55. The molecule has 4 atom stereocenters. The van der Waals surface area contributed by atoms with Gasteiger partial charge in [0.2, 0.25) is 0 Å². The van der Waals surface area contributed by atoms with Gasteiger partial charge < -0.3 is 9.80 Å². The first-order chi connectivity index (χ1) is 30.0. The van der Waals surface area contributed by atoms with E-state index in [1.54, 1.807) is 0 Å². The number of hydrogen-bond donors (Lipinski definition) is 0. The number of hydrogen-bond acceptors (Lipinski definition) is 2. The number of nitrogens with zero attached hydrogens (tertiary/aromatic N) is 2. The molecule has 0 amide bonds. The van der Waals surface area contributed by atoms with E-state index >= 15 is 0 Å². The van der Waals surface area contributed by atoms with E-state index in [0.29, 0.717) is 23.9 Å². The van der Waals surface area contributed by atoms with Crippen LogP contribution in [0, 0.1) is 11.8 Å². The molecule has 2 fully saturated rings. The van der Waals surface area contributed by atoms with Crippen LogP contribution in [0.3, 0.4) is 0 Å². The van der Waals surface area contributed by atoms with E-state index in [1.165, 1.54) is 153 Å². The lowest BCUT2D eigenvalue weighted by atomic mass is 9.74. The molecule has 7 aromatic carbocycles. The third-order valence-corrected chi connectivity index (χ3v) is 15.5. The van der Waals surface area contributed by atoms with Crippen molar-refractivity contribution in [3.63, 3.8) is 0 Å². The summed E-state index contributed by atoms with van der Waals surface area (Å²) >= 11 is 0. The van der Waals surface area contributed by atoms with Crippen LogP contribution in [-0.4, -0.2) is 12.1 Å². The molecule has 4 unspecified atom stereocenters. The zero-order chi connectivity index (χ0) is 42.3. The Balaban J connectivity index is 1.16. The molecule has 314 valence electrons. The van der Waals surface area contributed by atoms with E-state index < -0.39 is 0 Å². The fourth-order valence-electron chi connectivity index (χ4n) is 12.4. The minimum Gasteiger partial charge on any atom is -0.338 e. The summed E-state index contributed by atoms with van der Waals surface area (Å²) in [5.41, 5.74) is 16.9. The molecule has 2 heterocycles. The second-order valence-corrected chi connectivity index (χ2v) is 21.5. The van der Waals surface area contributed by atoms with Crippen LogP contribution >= 0.6 is 0 Å². The Labute approximate surface area is 371 Å². The molecule has 7 aromatic rings. The highest BCUT2D eigenvalue weighted by molar-refractivity contribution is 6.22. The summed E-state index contributed by atoms with van der Waals surface area (Å²) < 4.78 is 0. The van der Waals surface area contributed by atoms with E-state index in [2.05, 4.69) is 185 Å². The Morgan fingerprint density at radius 3 is 1.21 bits per heavy atom. The first kappa shape index (κ1) is 39.5. The van der Waals surface area contributed by atoms with Gasteiger partial charge in [-0.25, -0.2) is 0 Å². The highest BCUT2D eigenvalue weighted by atomic mass is 15.2. The molecule has 2 heteroatoms. The summed E-state index contributed by atoms with van der Waals surface area (Å²) in [6.07, 6.45) is 12.8. The summed E-state index contributed by atoms with van der Waals surface area (Å²) in [7, 11) is 0. The van der Waals surface area contributed by atoms with Gasteiger partial charge in [0.15, 0.2) is 0 Å². The van der Waals surface area contributed by atoms with Gasteiger partial charge in [-0.1, -0.05) is 164 Å². The van der Waals surface area contributed by atoms with Crippen molar-refractivity contribution in [3.05, 3.63) is 156 Å². The van der Waals surface area contributed by atoms with Gasteiger partial charge in [-0.15, -0.1) is 0 Å². The predicted octanol–water partition coefficient (Wildman–Crippen LogP) is 16.4. The van der Waals surface area contributed by atoms with Crippen LogP contribution in [-0.2, 0) is 23.7 Å². The first-order valence-corrected chi connectivity index (χ1v) is 24.0. The molecule has 0 N–H and O–H groups in total. The highest BCUT2D eigenvalue weighted by Gasteiger charge is 2.39. The minimum atomic E-state index is 0.122. The van der Waals surface area contributed by atoms with Crippen molar-refractivity contribution in [1.29, 1.82) is 0 Å². The van der Waals surface area contributed by atoms with Crippen molar-refractivity contribution in [2.45, 2.75) is 129 Å². The van der Waals surface area contributed by atoms with Gasteiger partial charge in [0, 0.05) is 34.8 Å². The highest BCUT2D eigenvalue weighted by Crippen LogP contribution is 2.52. The van der Waals surface area contributed by atoms with Crippen LogP contribution in [0.2, 0.25) is 0 Å². The normalized spacial score (nSPS) is 21.3. The van der Waals surface area contributed by atoms with Crippen LogP contribution in [0.4, 0.5) is 22.7 Å². The minimum absolute atomic E-state index is 0.122. The molecule has 0 spiro atoms. The predicted molar refractivity (Wildman–Crippen MR) is 266 cm³/mol. The Kier molecular flexibility index (Phi) is 9.67. The van der Waals surface area contributed by atoms with E-state index in [4.69, 9.17) is 0 Å². The van der Waals surface area contributed by atoms with E-state index in [1.807, 2.05) is 0 Å². The van der Waals surface area contributed by atoms with Gasteiger partial charge in [0.1, 0.15) is 0 Å². The SMILES string of the molecule is CC(C)(C)c1ccc2c(c1)CC1CCCCC1N2c1ccc2c(-c3ccccc3)c3cc(N4c5ccc(C(C)(C)C)cc5CC5CCCCC54)ccc3c(-c3ccccc3)c2c1. The maximum Gasteiger partial charge on any atom is 0.0446 e. The average Bonchev–Trinajstić information content (AvgIpc) is 3.28. The Morgan fingerprint density at radius 2 is 0.806 bits per heavy atom. The summed E-state index contributed by atoms with van der Waals surface area (Å²) in [6.45, 7) is 14.1. The molecular weight excluding hydrogens is 749 g/mol. The molecule has 0 bridgehead atoms. The van der Waals surface area contributed by atoms with Gasteiger partial charge >= 0.3 is 0 Å². The second kappa shape index (κ2) is 15.2. The number of anilines is 4. The summed E-state index contributed by atoms with van der Waals surface area (Å²) in [6, 6.07) is 53.5. The van der Waals surface area contributed by atoms with Crippen LogP contribution in [0.15, 0.2) is 133 Å². The van der Waals surface area contributed by atoms with Crippen LogP contribution in [0.1, 0.15) is 115 Å². The van der Waals surface area contributed by atoms with Gasteiger partial charge in [-0.05, 0) is 164 Å². The zero-order valence-corrected chi connectivity index (χ0v) is 38.0. The van der Waals surface area contributed by atoms with Crippen LogP contribution in [0.25, 0.3) is 43.8 Å². The molecule has 0 saturated heterocycles. The quantitative estimate of drug-likeness (QED) is 0.163. The summed E-state index contributed by atoms with van der Waals surface area (Å²) in [5.74, 6) is 1.35. The molecule has 2 aliphatic heterocycles. The zero-order valence-electron chi connectivity index (χ0n) is 38.0. The third kappa shape index (κ3) is 6.75. The Bertz CT molecular complexity index is 2610. The van der Waals surface area contributed by atoms with Crippen molar-refractivity contribution in [3.8, 4) is 22.3 Å². The molecule has 62 heavy (non-hydrogen) atoms. The molecule has 0 radical (unpaired) electrons. The van der Waals surface area contributed by atoms with Gasteiger partial charge in [0.25, 0.3) is 0 Å². The molecule has 2 aliphatic carbocycles. The van der Waals surface area contributed by atoms with E-state index in [9.17, 15) is 0 Å². The van der Waals surface area contributed by atoms with Crippen molar-refractivity contribution in [1.82, 2.24) is 0 Å². The number of fused-ring (bicyclic) bond motifs is 6. The topological polar surface area (TPSA) is 6.48 Å².